The van der Waals surface area contributed by atoms with Gasteiger partial charge in [-0.3, -0.25) is 4.79 Å². The molecule has 7 nitrogen and oxygen atoms in total. The average Bonchev–Trinajstić information content (AvgIpc) is 3.01. The van der Waals surface area contributed by atoms with Crippen molar-refractivity contribution in [1.29, 1.82) is 0 Å². The zero-order valence-electron chi connectivity index (χ0n) is 13.8. The number of hydrogen-bond acceptors (Lipinski definition) is 4. The minimum atomic E-state index is -0.547. The summed E-state index contributed by atoms with van der Waals surface area (Å²) in [6.45, 7) is -0.217. The summed E-state index contributed by atoms with van der Waals surface area (Å²) in [5, 5.41) is 15.3. The van der Waals surface area contributed by atoms with E-state index < -0.39 is 12.1 Å². The van der Waals surface area contributed by atoms with Gasteiger partial charge in [0.2, 0.25) is 5.91 Å². The van der Waals surface area contributed by atoms with Crippen LogP contribution in [0.4, 0.5) is 4.79 Å². The maximum atomic E-state index is 12.0. The van der Waals surface area contributed by atoms with Gasteiger partial charge in [-0.05, 0) is 12.8 Å². The Bertz CT molecular complexity index is 447. The second-order valence-corrected chi connectivity index (χ2v) is 6.40. The monoisotopic (exact) mass is 325 g/mol. The Labute approximate surface area is 137 Å². The molecule has 23 heavy (non-hydrogen) atoms. The lowest BCUT2D eigenvalue weighted by Crippen LogP contribution is -2.52. The minimum absolute atomic E-state index is 0.0401. The van der Waals surface area contributed by atoms with Crippen LogP contribution in [0.5, 0.6) is 0 Å². The Kier molecular flexibility index (Phi) is 6.41. The van der Waals surface area contributed by atoms with E-state index in [1.54, 1.807) is 26.2 Å². The van der Waals surface area contributed by atoms with Gasteiger partial charge in [-0.2, -0.15) is 0 Å². The number of ether oxygens (including phenoxy) is 1. The molecular weight excluding hydrogens is 298 g/mol. The largest absolute Gasteiger partial charge is 0.394 e. The molecule has 1 fully saturated rings. The van der Waals surface area contributed by atoms with Crippen LogP contribution in [-0.2, 0) is 9.53 Å². The second kappa shape index (κ2) is 8.31. The molecule has 7 heteroatoms. The number of hydrogen-bond donors (Lipinski definition) is 3. The molecule has 2 rings (SSSR count). The Balaban J connectivity index is 1.86. The first kappa shape index (κ1) is 17.7. The molecule has 0 aromatic heterocycles. The number of aliphatic hydroxyl groups excluding tert-OH is 1. The van der Waals surface area contributed by atoms with Crippen molar-refractivity contribution >= 4 is 11.9 Å². The van der Waals surface area contributed by atoms with Crippen molar-refractivity contribution in [2.24, 2.45) is 0 Å². The van der Waals surface area contributed by atoms with Crippen molar-refractivity contribution in [2.45, 2.75) is 56.4 Å². The molecular formula is C16H27N3O4. The van der Waals surface area contributed by atoms with E-state index in [1.807, 2.05) is 0 Å². The number of carbonyl (C=O) groups is 2. The normalized spacial score (nSPS) is 27.7. The number of carbonyl (C=O) groups excluding carboxylic acids is 2. The Hall–Kier alpha value is -1.60. The van der Waals surface area contributed by atoms with E-state index in [2.05, 4.69) is 10.6 Å². The molecule has 0 aromatic rings. The zero-order valence-corrected chi connectivity index (χ0v) is 13.8. The fraction of sp³-hybridized carbons (Fsp3) is 0.750. The maximum absolute atomic E-state index is 12.0. The number of urea groups is 1. The van der Waals surface area contributed by atoms with Crippen molar-refractivity contribution in [1.82, 2.24) is 15.5 Å². The molecule has 1 aliphatic heterocycles. The lowest BCUT2D eigenvalue weighted by Gasteiger charge is -2.32. The minimum Gasteiger partial charge on any atom is -0.394 e. The Morgan fingerprint density at radius 2 is 1.91 bits per heavy atom. The third-order valence-corrected chi connectivity index (χ3v) is 4.33. The van der Waals surface area contributed by atoms with Gasteiger partial charge in [-0.1, -0.05) is 25.0 Å². The fourth-order valence-electron chi connectivity index (χ4n) is 2.94. The van der Waals surface area contributed by atoms with E-state index in [0.717, 1.165) is 25.7 Å². The molecule has 1 aliphatic carbocycles. The van der Waals surface area contributed by atoms with Crippen LogP contribution in [0.25, 0.3) is 0 Å². The number of amides is 3. The van der Waals surface area contributed by atoms with E-state index in [4.69, 9.17) is 4.74 Å². The van der Waals surface area contributed by atoms with Crippen molar-refractivity contribution in [2.75, 3.05) is 20.7 Å². The van der Waals surface area contributed by atoms with Crippen molar-refractivity contribution < 1.29 is 19.4 Å². The summed E-state index contributed by atoms with van der Waals surface area (Å²) in [4.78, 5) is 25.3. The van der Waals surface area contributed by atoms with Crippen LogP contribution in [0.3, 0.4) is 0 Å². The topological polar surface area (TPSA) is 90.9 Å². The van der Waals surface area contributed by atoms with Gasteiger partial charge >= 0.3 is 6.03 Å². The van der Waals surface area contributed by atoms with Crippen LogP contribution >= 0.6 is 0 Å². The number of aliphatic hydroxyl groups is 1. The van der Waals surface area contributed by atoms with Crippen molar-refractivity contribution in [3.63, 3.8) is 0 Å². The van der Waals surface area contributed by atoms with Crippen LogP contribution in [0, 0.1) is 0 Å². The third-order valence-electron chi connectivity index (χ3n) is 4.33. The third kappa shape index (κ3) is 5.21. The fourth-order valence-corrected chi connectivity index (χ4v) is 2.94. The highest BCUT2D eigenvalue weighted by Gasteiger charge is 2.29. The standard InChI is InChI=1S/C16H27N3O4/c1-19(2)15(21)9-12-7-8-13(14(10-20)23-12)18-16(22)17-11-5-3-4-6-11/h7-8,11-14,20H,3-6,9-10H2,1-2H3,(H2,17,18,22)/t12-,13-,14+/m1/s1. The van der Waals surface area contributed by atoms with Crippen LogP contribution in [-0.4, -0.2) is 66.9 Å². The van der Waals surface area contributed by atoms with Gasteiger partial charge in [0.1, 0.15) is 6.10 Å². The molecule has 0 bridgehead atoms. The SMILES string of the molecule is CN(C)C(=O)C[C@H]1C=C[C@@H](NC(=O)NC2CCCC2)[C@H](CO)O1. The molecule has 1 saturated carbocycles. The molecule has 0 radical (unpaired) electrons. The predicted octanol–water partition coefficient (Wildman–Crippen LogP) is 0.391. The summed E-state index contributed by atoms with van der Waals surface area (Å²) in [6.07, 6.45) is 7.20. The molecule has 3 N–H and O–H groups in total. The van der Waals surface area contributed by atoms with Crippen LogP contribution in [0.2, 0.25) is 0 Å². The molecule has 130 valence electrons. The highest BCUT2D eigenvalue weighted by molar-refractivity contribution is 5.76. The summed E-state index contributed by atoms with van der Waals surface area (Å²) in [6, 6.07) is -0.398. The summed E-state index contributed by atoms with van der Waals surface area (Å²) in [5.74, 6) is -0.0401. The zero-order chi connectivity index (χ0) is 16.8. The molecule has 0 spiro atoms. The summed E-state index contributed by atoms with van der Waals surface area (Å²) in [5.41, 5.74) is 0. The van der Waals surface area contributed by atoms with Gasteiger partial charge in [-0.25, -0.2) is 4.79 Å². The van der Waals surface area contributed by atoms with E-state index in [1.165, 1.54) is 4.90 Å². The maximum Gasteiger partial charge on any atom is 0.315 e. The van der Waals surface area contributed by atoms with Gasteiger partial charge in [0, 0.05) is 20.1 Å². The molecule has 3 amide bonds. The summed E-state index contributed by atoms with van der Waals surface area (Å²) < 4.78 is 5.71. The first-order chi connectivity index (χ1) is 11.0. The lowest BCUT2D eigenvalue weighted by molar-refractivity contribution is -0.132. The number of nitrogens with one attached hydrogen (secondary N) is 2. The Morgan fingerprint density at radius 3 is 2.52 bits per heavy atom. The van der Waals surface area contributed by atoms with Gasteiger partial charge in [-0.15, -0.1) is 0 Å². The molecule has 1 heterocycles. The highest BCUT2D eigenvalue weighted by Crippen LogP contribution is 2.18. The van der Waals surface area contributed by atoms with Crippen molar-refractivity contribution in [3.8, 4) is 0 Å². The lowest BCUT2D eigenvalue weighted by atomic mass is 10.0. The van der Waals surface area contributed by atoms with Crippen LogP contribution < -0.4 is 10.6 Å². The molecule has 2 aliphatic rings. The van der Waals surface area contributed by atoms with E-state index >= 15 is 0 Å². The highest BCUT2D eigenvalue weighted by atomic mass is 16.5. The second-order valence-electron chi connectivity index (χ2n) is 6.40. The first-order valence-corrected chi connectivity index (χ1v) is 8.21. The number of rotatable bonds is 5. The van der Waals surface area contributed by atoms with Crippen molar-refractivity contribution in [3.05, 3.63) is 12.2 Å². The summed E-state index contributed by atoms with van der Waals surface area (Å²) >= 11 is 0. The predicted molar refractivity (Wildman–Crippen MR) is 85.9 cm³/mol. The average molecular weight is 325 g/mol. The van der Waals surface area contributed by atoms with Gasteiger partial charge < -0.3 is 25.4 Å². The van der Waals surface area contributed by atoms with Gasteiger partial charge in [0.15, 0.2) is 0 Å². The molecule has 3 atom stereocenters. The van der Waals surface area contributed by atoms with Crippen LogP contribution in [0.15, 0.2) is 12.2 Å². The summed E-state index contributed by atoms with van der Waals surface area (Å²) in [7, 11) is 3.38. The van der Waals surface area contributed by atoms with E-state index in [-0.39, 0.29) is 37.1 Å². The van der Waals surface area contributed by atoms with E-state index in [0.29, 0.717) is 0 Å². The van der Waals surface area contributed by atoms with Gasteiger partial charge in [0.05, 0.1) is 25.2 Å². The smallest absolute Gasteiger partial charge is 0.315 e. The molecule has 0 aromatic carbocycles. The quantitative estimate of drug-likeness (QED) is 0.638. The van der Waals surface area contributed by atoms with Crippen LogP contribution in [0.1, 0.15) is 32.1 Å². The molecule has 0 unspecified atom stereocenters. The number of nitrogens with zero attached hydrogens (tertiary/aromatic N) is 1. The molecule has 0 saturated heterocycles. The first-order valence-electron chi connectivity index (χ1n) is 8.21. The Morgan fingerprint density at radius 1 is 1.22 bits per heavy atom. The van der Waals surface area contributed by atoms with E-state index in [9.17, 15) is 14.7 Å². The van der Waals surface area contributed by atoms with Gasteiger partial charge in [0.25, 0.3) is 0 Å².